The lowest BCUT2D eigenvalue weighted by Gasteiger charge is -2.03. The Bertz CT molecular complexity index is 818. The van der Waals surface area contributed by atoms with Crippen molar-refractivity contribution in [3.8, 4) is 0 Å². The van der Waals surface area contributed by atoms with Crippen LogP contribution in [0.4, 0.5) is 5.69 Å². The number of benzene rings is 1. The summed E-state index contributed by atoms with van der Waals surface area (Å²) in [5, 5.41) is 28.8. The number of aliphatic hydroxyl groups excluding tert-OH is 1. The molecule has 7 nitrogen and oxygen atoms in total. The first-order chi connectivity index (χ1) is 10.2. The van der Waals surface area contributed by atoms with Gasteiger partial charge in [-0.2, -0.15) is 0 Å². The second-order valence-electron chi connectivity index (χ2n) is 4.23. The Morgan fingerprint density at radius 3 is 2.90 bits per heavy atom. The van der Waals surface area contributed by atoms with Crippen molar-refractivity contribution in [3.05, 3.63) is 58.3 Å². The number of nitro benzene ring substituents is 1. The van der Waals surface area contributed by atoms with Crippen molar-refractivity contribution in [2.45, 2.75) is 16.7 Å². The van der Waals surface area contributed by atoms with E-state index in [4.69, 9.17) is 5.11 Å². The molecule has 21 heavy (non-hydrogen) atoms. The molecule has 0 radical (unpaired) electrons. The van der Waals surface area contributed by atoms with Crippen LogP contribution in [0.15, 0.2) is 52.6 Å². The predicted molar refractivity (Wildman–Crippen MR) is 76.1 cm³/mol. The number of aromatic nitrogens is 3. The van der Waals surface area contributed by atoms with Crippen LogP contribution in [0.2, 0.25) is 0 Å². The van der Waals surface area contributed by atoms with Crippen molar-refractivity contribution in [2.75, 3.05) is 0 Å². The largest absolute Gasteiger partial charge is 0.392 e. The van der Waals surface area contributed by atoms with Gasteiger partial charge < -0.3 is 5.11 Å². The number of nitro groups is 1. The van der Waals surface area contributed by atoms with E-state index >= 15 is 0 Å². The first kappa shape index (κ1) is 13.5. The third kappa shape index (κ3) is 2.58. The zero-order chi connectivity index (χ0) is 14.8. The molecule has 0 fully saturated rings. The highest BCUT2D eigenvalue weighted by molar-refractivity contribution is 7.99. The van der Waals surface area contributed by atoms with E-state index in [-0.39, 0.29) is 12.3 Å². The summed E-state index contributed by atoms with van der Waals surface area (Å²) in [6, 6.07) is 10.1. The van der Waals surface area contributed by atoms with Crippen molar-refractivity contribution >= 4 is 23.1 Å². The van der Waals surface area contributed by atoms with Crippen LogP contribution in [0, 0.1) is 10.1 Å². The van der Waals surface area contributed by atoms with Gasteiger partial charge in [-0.15, -0.1) is 10.2 Å². The van der Waals surface area contributed by atoms with E-state index in [2.05, 4.69) is 10.2 Å². The van der Waals surface area contributed by atoms with Crippen molar-refractivity contribution in [1.82, 2.24) is 14.6 Å². The van der Waals surface area contributed by atoms with Gasteiger partial charge in [-0.05, 0) is 35.5 Å². The molecule has 0 unspecified atom stereocenters. The van der Waals surface area contributed by atoms with Crippen LogP contribution in [-0.4, -0.2) is 24.6 Å². The van der Waals surface area contributed by atoms with Crippen LogP contribution in [0.5, 0.6) is 0 Å². The summed E-state index contributed by atoms with van der Waals surface area (Å²) in [6.45, 7) is -0.236. The minimum Gasteiger partial charge on any atom is -0.392 e. The number of rotatable bonds is 4. The maximum absolute atomic E-state index is 11.1. The van der Waals surface area contributed by atoms with Crippen molar-refractivity contribution < 1.29 is 10.0 Å². The minimum atomic E-state index is -0.468. The topological polar surface area (TPSA) is 93.6 Å². The fourth-order valence-corrected chi connectivity index (χ4v) is 2.78. The van der Waals surface area contributed by atoms with Crippen molar-refractivity contribution in [3.63, 3.8) is 0 Å². The molecule has 0 aliphatic carbocycles. The first-order valence-electron chi connectivity index (χ1n) is 6.05. The number of aliphatic hydroxyl groups is 1. The number of hydrogen-bond donors (Lipinski definition) is 1. The Hall–Kier alpha value is -2.45. The van der Waals surface area contributed by atoms with E-state index in [0.717, 1.165) is 11.8 Å². The normalized spacial score (nSPS) is 10.9. The summed E-state index contributed by atoms with van der Waals surface area (Å²) in [5.41, 5.74) is 1.12. The highest BCUT2D eigenvalue weighted by Gasteiger charge is 2.18. The average Bonchev–Trinajstić information content (AvgIpc) is 2.91. The van der Waals surface area contributed by atoms with E-state index in [1.807, 2.05) is 12.1 Å². The molecule has 0 saturated heterocycles. The van der Waals surface area contributed by atoms with Gasteiger partial charge in [0.05, 0.1) is 16.4 Å². The van der Waals surface area contributed by atoms with Gasteiger partial charge in [-0.25, -0.2) is 0 Å². The van der Waals surface area contributed by atoms with Gasteiger partial charge in [0.15, 0.2) is 5.65 Å². The van der Waals surface area contributed by atoms with Crippen LogP contribution in [0.1, 0.15) is 5.56 Å². The molecular formula is C13H10N4O3S. The molecule has 1 aromatic carbocycles. The van der Waals surface area contributed by atoms with Gasteiger partial charge >= 0.3 is 0 Å². The molecular weight excluding hydrogens is 292 g/mol. The molecule has 0 amide bonds. The van der Waals surface area contributed by atoms with Crippen molar-refractivity contribution in [1.29, 1.82) is 0 Å². The molecule has 106 valence electrons. The molecule has 0 aliphatic rings. The summed E-state index contributed by atoms with van der Waals surface area (Å²) in [6.07, 6.45) is 1.80. The monoisotopic (exact) mass is 302 g/mol. The lowest BCUT2D eigenvalue weighted by atomic mass is 10.2. The smallest absolute Gasteiger partial charge is 0.283 e. The lowest BCUT2D eigenvalue weighted by molar-refractivity contribution is -0.387. The van der Waals surface area contributed by atoms with E-state index in [1.165, 1.54) is 6.07 Å². The lowest BCUT2D eigenvalue weighted by Crippen LogP contribution is -1.94. The fraction of sp³-hybridized carbons (Fsp3) is 0.0769. The number of fused-ring (bicyclic) bond motifs is 1. The van der Waals surface area contributed by atoms with Crippen molar-refractivity contribution in [2.24, 2.45) is 0 Å². The summed E-state index contributed by atoms with van der Waals surface area (Å²) < 4.78 is 1.76. The predicted octanol–water partition coefficient (Wildman–Crippen LogP) is 2.28. The van der Waals surface area contributed by atoms with E-state index in [9.17, 15) is 10.1 Å². The molecule has 0 bridgehead atoms. The quantitative estimate of drug-likeness (QED) is 0.587. The van der Waals surface area contributed by atoms with Gasteiger partial charge in [0.25, 0.3) is 5.69 Å². The molecule has 3 rings (SSSR count). The molecule has 3 aromatic rings. The molecule has 2 heterocycles. The third-order valence-corrected chi connectivity index (χ3v) is 3.91. The second-order valence-corrected chi connectivity index (χ2v) is 5.24. The SMILES string of the molecule is O=[N+]([O-])c1cc(CO)ccc1Sc1nnc2ccccn12. The van der Waals surface area contributed by atoms with Gasteiger partial charge in [-0.3, -0.25) is 14.5 Å². The number of hydrogen-bond acceptors (Lipinski definition) is 6. The van der Waals surface area contributed by atoms with Gasteiger partial charge in [0.1, 0.15) is 0 Å². The zero-order valence-corrected chi connectivity index (χ0v) is 11.5. The van der Waals surface area contributed by atoms with Crippen LogP contribution in [-0.2, 0) is 6.61 Å². The Morgan fingerprint density at radius 1 is 1.29 bits per heavy atom. The molecule has 0 aliphatic heterocycles. The summed E-state index contributed by atoms with van der Waals surface area (Å²) in [5.74, 6) is 0. The Morgan fingerprint density at radius 2 is 2.14 bits per heavy atom. The van der Waals surface area contributed by atoms with E-state index in [0.29, 0.717) is 21.3 Å². The minimum absolute atomic E-state index is 0.0563. The molecule has 1 N–H and O–H groups in total. The highest BCUT2D eigenvalue weighted by Crippen LogP contribution is 2.34. The molecule has 0 saturated carbocycles. The zero-order valence-electron chi connectivity index (χ0n) is 10.7. The number of pyridine rings is 1. The summed E-state index contributed by atoms with van der Waals surface area (Å²) in [7, 11) is 0. The summed E-state index contributed by atoms with van der Waals surface area (Å²) >= 11 is 1.16. The van der Waals surface area contributed by atoms with E-state index in [1.54, 1.807) is 28.8 Å². The Kier molecular flexibility index (Phi) is 3.55. The fourth-order valence-electron chi connectivity index (χ4n) is 1.88. The van der Waals surface area contributed by atoms with Crippen LogP contribution < -0.4 is 0 Å². The molecule has 8 heteroatoms. The van der Waals surface area contributed by atoms with Gasteiger partial charge in [0.2, 0.25) is 5.16 Å². The van der Waals surface area contributed by atoms with Crippen LogP contribution in [0.3, 0.4) is 0 Å². The summed E-state index contributed by atoms with van der Waals surface area (Å²) in [4.78, 5) is 11.1. The second kappa shape index (κ2) is 5.51. The Labute approximate surface area is 123 Å². The Balaban J connectivity index is 2.03. The number of nitrogens with zero attached hydrogens (tertiary/aromatic N) is 4. The van der Waals surface area contributed by atoms with Gasteiger partial charge in [-0.1, -0.05) is 12.1 Å². The average molecular weight is 302 g/mol. The van der Waals surface area contributed by atoms with E-state index < -0.39 is 4.92 Å². The van der Waals surface area contributed by atoms with Crippen LogP contribution in [0.25, 0.3) is 5.65 Å². The highest BCUT2D eigenvalue weighted by atomic mass is 32.2. The maximum atomic E-state index is 11.1. The third-order valence-electron chi connectivity index (χ3n) is 2.89. The molecule has 0 spiro atoms. The molecule has 0 atom stereocenters. The first-order valence-corrected chi connectivity index (χ1v) is 6.86. The van der Waals surface area contributed by atoms with Crippen LogP contribution >= 0.6 is 11.8 Å². The maximum Gasteiger partial charge on any atom is 0.283 e. The molecule has 2 aromatic heterocycles. The van der Waals surface area contributed by atoms with Gasteiger partial charge in [0, 0.05) is 12.3 Å². The standard InChI is InChI=1S/C13H10N4O3S/c18-8-9-4-5-11(10(7-9)17(19)20)21-13-15-14-12-3-1-2-6-16(12)13/h1-7,18H,8H2.